The molecule has 4 N–H and O–H groups in total. The van der Waals surface area contributed by atoms with Crippen LogP contribution in [0.25, 0.3) is 0 Å². The van der Waals surface area contributed by atoms with Gasteiger partial charge in [-0.1, -0.05) is 20.3 Å². The fraction of sp³-hybridized carbons (Fsp3) is 0.917. The van der Waals surface area contributed by atoms with Crippen LogP contribution in [0.2, 0.25) is 0 Å². The second-order valence-corrected chi connectivity index (χ2v) is 5.13. The van der Waals surface area contributed by atoms with E-state index in [9.17, 15) is 9.90 Å². The van der Waals surface area contributed by atoms with Gasteiger partial charge in [-0.25, -0.2) is 0 Å². The number of unbranched alkanes of at least 4 members (excludes halogenated alkanes) is 1. The van der Waals surface area contributed by atoms with Crippen molar-refractivity contribution in [2.24, 2.45) is 5.73 Å². The van der Waals surface area contributed by atoms with Crippen LogP contribution < -0.4 is 11.1 Å². The van der Waals surface area contributed by atoms with Gasteiger partial charge < -0.3 is 16.2 Å². The fourth-order valence-corrected chi connectivity index (χ4v) is 1.46. The number of hydrogen-bond donors (Lipinski definition) is 3. The van der Waals surface area contributed by atoms with E-state index >= 15 is 0 Å². The minimum Gasteiger partial charge on any atom is -0.383 e. The van der Waals surface area contributed by atoms with E-state index in [1.807, 2.05) is 0 Å². The van der Waals surface area contributed by atoms with Crippen LogP contribution in [0.3, 0.4) is 0 Å². The number of hydrogen-bond acceptors (Lipinski definition) is 4. The number of rotatable bonds is 8. The van der Waals surface area contributed by atoms with E-state index < -0.39 is 11.6 Å². The molecule has 0 aliphatic heterocycles. The van der Waals surface area contributed by atoms with Crippen molar-refractivity contribution in [2.75, 3.05) is 6.54 Å². The summed E-state index contributed by atoms with van der Waals surface area (Å²) in [4.78, 5) is 11.5. The molecule has 0 aromatic rings. The number of aliphatic hydroxyl groups is 1. The first-order valence-corrected chi connectivity index (χ1v) is 6.00. The number of nitrogens with one attached hydrogen (secondary N) is 1. The molecule has 1 atom stereocenters. The maximum Gasteiger partial charge on any atom is 0.180 e. The highest BCUT2D eigenvalue weighted by Gasteiger charge is 2.28. The maximum atomic E-state index is 11.5. The molecule has 0 aromatic heterocycles. The molecule has 0 saturated carbocycles. The van der Waals surface area contributed by atoms with Crippen molar-refractivity contribution in [3.05, 3.63) is 0 Å². The lowest BCUT2D eigenvalue weighted by atomic mass is 9.94. The molecule has 0 saturated heterocycles. The molecule has 0 bridgehead atoms. The molecular formula is C12H26N2O2. The highest BCUT2D eigenvalue weighted by Crippen LogP contribution is 2.09. The van der Waals surface area contributed by atoms with E-state index in [-0.39, 0.29) is 5.78 Å². The summed E-state index contributed by atoms with van der Waals surface area (Å²) >= 11 is 0. The van der Waals surface area contributed by atoms with E-state index in [1.54, 1.807) is 0 Å². The average Bonchev–Trinajstić information content (AvgIpc) is 2.13. The molecule has 0 amide bonds. The van der Waals surface area contributed by atoms with Crippen LogP contribution >= 0.6 is 0 Å². The summed E-state index contributed by atoms with van der Waals surface area (Å²) in [6, 6.07) is -0.0502. The summed E-state index contributed by atoms with van der Waals surface area (Å²) in [5, 5.41) is 12.8. The van der Waals surface area contributed by atoms with Crippen molar-refractivity contribution in [1.82, 2.24) is 5.32 Å². The van der Waals surface area contributed by atoms with Crippen molar-refractivity contribution in [2.45, 2.75) is 64.6 Å². The van der Waals surface area contributed by atoms with Gasteiger partial charge in [0.1, 0.15) is 5.60 Å². The molecule has 16 heavy (non-hydrogen) atoms. The second-order valence-electron chi connectivity index (χ2n) is 5.13. The Hall–Kier alpha value is -0.450. The van der Waals surface area contributed by atoms with Gasteiger partial charge in [0.15, 0.2) is 5.78 Å². The zero-order valence-electron chi connectivity index (χ0n) is 10.9. The maximum absolute atomic E-state index is 11.5. The predicted molar refractivity (Wildman–Crippen MR) is 66.3 cm³/mol. The minimum atomic E-state index is -1.31. The summed E-state index contributed by atoms with van der Waals surface area (Å²) in [5.74, 6) is -0.274. The third-order valence-corrected chi connectivity index (χ3v) is 2.43. The van der Waals surface area contributed by atoms with E-state index in [4.69, 9.17) is 5.73 Å². The summed E-state index contributed by atoms with van der Waals surface area (Å²) < 4.78 is 0. The summed E-state index contributed by atoms with van der Waals surface area (Å²) in [6.07, 6.45) is 2.55. The minimum absolute atomic E-state index is 0.274. The van der Waals surface area contributed by atoms with Crippen molar-refractivity contribution >= 4 is 5.78 Å². The van der Waals surface area contributed by atoms with Crippen LogP contribution in [0, 0.1) is 0 Å². The van der Waals surface area contributed by atoms with Crippen LogP contribution in [0.15, 0.2) is 0 Å². The zero-order valence-corrected chi connectivity index (χ0v) is 10.9. The summed E-state index contributed by atoms with van der Waals surface area (Å²) in [6.45, 7) is 8.11. The Kier molecular flexibility index (Phi) is 6.79. The molecule has 0 heterocycles. The summed E-state index contributed by atoms with van der Waals surface area (Å²) in [5.41, 5.74) is 4.41. The van der Waals surface area contributed by atoms with Crippen molar-refractivity contribution in [1.29, 1.82) is 0 Å². The molecule has 96 valence electrons. The van der Waals surface area contributed by atoms with Gasteiger partial charge in [0.25, 0.3) is 0 Å². The molecule has 4 nitrogen and oxygen atoms in total. The smallest absolute Gasteiger partial charge is 0.180 e. The Labute approximate surface area is 98.6 Å². The first-order valence-electron chi connectivity index (χ1n) is 6.00. The van der Waals surface area contributed by atoms with E-state index in [0.29, 0.717) is 12.5 Å². The van der Waals surface area contributed by atoms with E-state index in [1.165, 1.54) is 13.8 Å². The Morgan fingerprint density at radius 1 is 1.38 bits per heavy atom. The number of ketones is 1. The first-order chi connectivity index (χ1) is 7.25. The molecule has 0 spiro atoms. The lowest BCUT2D eigenvalue weighted by molar-refractivity contribution is -0.135. The van der Waals surface area contributed by atoms with Crippen LogP contribution in [-0.2, 0) is 4.79 Å². The van der Waals surface area contributed by atoms with Crippen molar-refractivity contribution in [3.63, 3.8) is 0 Å². The molecule has 0 aliphatic carbocycles. The number of carbonyl (C=O) groups is 1. The Morgan fingerprint density at radius 2 is 1.94 bits per heavy atom. The van der Waals surface area contributed by atoms with Gasteiger partial charge in [0, 0.05) is 6.04 Å². The SMILES string of the molecule is CC(C)NCCCCC(N)C(=O)C(C)(C)O. The Morgan fingerprint density at radius 3 is 2.38 bits per heavy atom. The third-order valence-electron chi connectivity index (χ3n) is 2.43. The monoisotopic (exact) mass is 230 g/mol. The van der Waals surface area contributed by atoms with Crippen molar-refractivity contribution < 1.29 is 9.90 Å². The van der Waals surface area contributed by atoms with Gasteiger partial charge in [-0.2, -0.15) is 0 Å². The average molecular weight is 230 g/mol. The van der Waals surface area contributed by atoms with Gasteiger partial charge in [-0.15, -0.1) is 0 Å². The zero-order chi connectivity index (χ0) is 12.8. The van der Waals surface area contributed by atoms with E-state index in [0.717, 1.165) is 19.4 Å². The number of Topliss-reactive ketones (excluding diaryl/α,β-unsaturated/α-hetero) is 1. The summed E-state index contributed by atoms with van der Waals surface area (Å²) in [7, 11) is 0. The molecule has 1 unspecified atom stereocenters. The topological polar surface area (TPSA) is 75.3 Å². The Balaban J connectivity index is 3.66. The number of carbonyl (C=O) groups excluding carboxylic acids is 1. The van der Waals surface area contributed by atoms with Crippen LogP contribution in [0.4, 0.5) is 0 Å². The second kappa shape index (κ2) is 6.99. The van der Waals surface area contributed by atoms with Crippen molar-refractivity contribution in [3.8, 4) is 0 Å². The first kappa shape index (κ1) is 15.6. The van der Waals surface area contributed by atoms with E-state index in [2.05, 4.69) is 19.2 Å². The molecule has 0 aromatic carbocycles. The van der Waals surface area contributed by atoms with Gasteiger partial charge in [0.05, 0.1) is 6.04 Å². The highest BCUT2D eigenvalue weighted by molar-refractivity contribution is 5.90. The normalized spacial score (nSPS) is 14.2. The van der Waals surface area contributed by atoms with Gasteiger partial charge >= 0.3 is 0 Å². The molecular weight excluding hydrogens is 204 g/mol. The van der Waals surface area contributed by atoms with Crippen LogP contribution in [0.5, 0.6) is 0 Å². The lowest BCUT2D eigenvalue weighted by Crippen LogP contribution is -2.44. The predicted octanol–water partition coefficient (Wildman–Crippen LogP) is 0.822. The Bertz CT molecular complexity index is 210. The van der Waals surface area contributed by atoms with Crippen LogP contribution in [0.1, 0.15) is 47.0 Å². The molecule has 4 heteroatoms. The molecule has 0 rings (SSSR count). The standard InChI is InChI=1S/C12H26N2O2/c1-9(2)14-8-6-5-7-10(13)11(15)12(3,4)16/h9-10,14,16H,5-8,13H2,1-4H3. The van der Waals surface area contributed by atoms with Crippen LogP contribution in [-0.4, -0.2) is 35.1 Å². The van der Waals surface area contributed by atoms with Gasteiger partial charge in [0.2, 0.25) is 0 Å². The number of nitrogens with two attached hydrogens (primary N) is 1. The fourth-order valence-electron chi connectivity index (χ4n) is 1.46. The largest absolute Gasteiger partial charge is 0.383 e. The van der Waals surface area contributed by atoms with Gasteiger partial charge in [-0.05, 0) is 33.2 Å². The van der Waals surface area contributed by atoms with Gasteiger partial charge in [-0.3, -0.25) is 4.79 Å². The molecule has 0 fully saturated rings. The molecule has 0 aliphatic rings. The highest BCUT2D eigenvalue weighted by atomic mass is 16.3. The lowest BCUT2D eigenvalue weighted by Gasteiger charge is -2.20. The third kappa shape index (κ3) is 6.93. The quantitative estimate of drug-likeness (QED) is 0.540. The molecule has 0 radical (unpaired) electrons.